The smallest absolute Gasteiger partial charge is 0.337 e. The van der Waals surface area contributed by atoms with Crippen LogP contribution in [-0.2, 0) is 11.3 Å². The molecule has 2 aromatic rings. The number of rotatable bonds is 5. The highest BCUT2D eigenvalue weighted by Gasteiger charge is 2.21. The number of benzene rings is 1. The molecule has 1 aliphatic heterocycles. The van der Waals surface area contributed by atoms with Crippen molar-refractivity contribution in [1.29, 1.82) is 0 Å². The average Bonchev–Trinajstić information content (AvgIpc) is 2.77. The Kier molecular flexibility index (Phi) is 6.78. The first-order valence-corrected chi connectivity index (χ1v) is 9.43. The Hall–Kier alpha value is -3.16. The van der Waals surface area contributed by atoms with Gasteiger partial charge in [0.2, 0.25) is 5.95 Å². The lowest BCUT2D eigenvalue weighted by atomic mass is 10.1. The first-order chi connectivity index (χ1) is 13.7. The topological polar surface area (TPSA) is 83.0 Å². The summed E-state index contributed by atoms with van der Waals surface area (Å²) >= 11 is 0. The molecule has 2 heterocycles. The minimum atomic E-state index is -0.330. The van der Waals surface area contributed by atoms with Crippen molar-refractivity contribution >= 4 is 17.9 Å². The Morgan fingerprint density at radius 3 is 2.43 bits per heavy atom. The Labute approximate surface area is 165 Å². The number of ether oxygens (including phenoxy) is 1. The number of carbonyl (C=O) groups excluding carboxylic acids is 1. The summed E-state index contributed by atoms with van der Waals surface area (Å²) in [6, 6.07) is 9.17. The van der Waals surface area contributed by atoms with Crippen LogP contribution in [0.5, 0.6) is 0 Å². The molecule has 0 bridgehead atoms. The number of aliphatic imine (C=N–C) groups is 1. The third kappa shape index (κ3) is 4.97. The molecule has 8 nitrogen and oxygen atoms in total. The number of nitrogens with one attached hydrogen (secondary N) is 1. The predicted molar refractivity (Wildman–Crippen MR) is 108 cm³/mol. The minimum absolute atomic E-state index is 0.330. The van der Waals surface area contributed by atoms with Crippen LogP contribution in [0, 0.1) is 0 Å². The number of aromatic nitrogens is 2. The fraction of sp³-hybridized carbons (Fsp3) is 0.400. The van der Waals surface area contributed by atoms with Crippen LogP contribution in [0.3, 0.4) is 0 Å². The number of methoxy groups -OCH3 is 1. The van der Waals surface area contributed by atoms with E-state index in [4.69, 9.17) is 9.73 Å². The van der Waals surface area contributed by atoms with E-state index in [1.54, 1.807) is 24.5 Å². The van der Waals surface area contributed by atoms with Gasteiger partial charge in [-0.05, 0) is 30.7 Å². The summed E-state index contributed by atoms with van der Waals surface area (Å²) in [5.74, 6) is 1.34. The second kappa shape index (κ2) is 9.68. The van der Waals surface area contributed by atoms with Crippen LogP contribution >= 0.6 is 0 Å². The predicted octanol–water partition coefficient (Wildman–Crippen LogP) is 1.55. The first kappa shape index (κ1) is 19.6. The maximum absolute atomic E-state index is 11.5. The van der Waals surface area contributed by atoms with Crippen LogP contribution in [-0.4, -0.2) is 66.6 Å². The van der Waals surface area contributed by atoms with Crippen LogP contribution in [0.2, 0.25) is 0 Å². The van der Waals surface area contributed by atoms with Gasteiger partial charge in [0.25, 0.3) is 0 Å². The maximum atomic E-state index is 11.5. The molecule has 0 amide bonds. The van der Waals surface area contributed by atoms with Crippen molar-refractivity contribution in [3.05, 3.63) is 53.9 Å². The number of guanidine groups is 1. The zero-order valence-corrected chi connectivity index (χ0v) is 16.3. The van der Waals surface area contributed by atoms with Crippen molar-refractivity contribution in [3.63, 3.8) is 0 Å². The van der Waals surface area contributed by atoms with Crippen molar-refractivity contribution in [2.24, 2.45) is 4.99 Å². The molecule has 0 spiro atoms. The van der Waals surface area contributed by atoms with Crippen molar-refractivity contribution in [2.75, 3.05) is 44.7 Å². The van der Waals surface area contributed by atoms with Gasteiger partial charge in [-0.1, -0.05) is 12.1 Å². The van der Waals surface area contributed by atoms with E-state index in [2.05, 4.69) is 32.0 Å². The van der Waals surface area contributed by atoms with Crippen LogP contribution in [0.25, 0.3) is 0 Å². The molecular formula is C20H26N6O2. The molecule has 1 aliphatic rings. The number of piperazine rings is 1. The fourth-order valence-corrected chi connectivity index (χ4v) is 3.03. The third-order valence-electron chi connectivity index (χ3n) is 4.54. The number of nitrogens with zero attached hydrogens (tertiary/aromatic N) is 5. The molecule has 1 aromatic heterocycles. The Bertz CT molecular complexity index is 786. The molecule has 8 heteroatoms. The van der Waals surface area contributed by atoms with Crippen LogP contribution in [0.15, 0.2) is 47.7 Å². The van der Waals surface area contributed by atoms with E-state index < -0.39 is 0 Å². The number of esters is 1. The summed E-state index contributed by atoms with van der Waals surface area (Å²) < 4.78 is 4.73. The second-order valence-corrected chi connectivity index (χ2v) is 6.38. The summed E-state index contributed by atoms with van der Waals surface area (Å²) in [5.41, 5.74) is 1.58. The lowest BCUT2D eigenvalue weighted by Gasteiger charge is -2.36. The van der Waals surface area contributed by atoms with E-state index in [1.165, 1.54) is 7.11 Å². The molecule has 28 heavy (non-hydrogen) atoms. The molecule has 0 aliphatic carbocycles. The van der Waals surface area contributed by atoms with Crippen LogP contribution in [0.4, 0.5) is 5.95 Å². The van der Waals surface area contributed by atoms with Crippen LogP contribution < -0.4 is 10.2 Å². The number of hydrogen-bond acceptors (Lipinski definition) is 6. The van der Waals surface area contributed by atoms with E-state index in [9.17, 15) is 4.79 Å². The molecule has 3 rings (SSSR count). The zero-order chi connectivity index (χ0) is 19.8. The molecule has 0 radical (unpaired) electrons. The first-order valence-electron chi connectivity index (χ1n) is 9.43. The monoisotopic (exact) mass is 382 g/mol. The molecule has 148 valence electrons. The highest BCUT2D eigenvalue weighted by molar-refractivity contribution is 5.89. The lowest BCUT2D eigenvalue weighted by Crippen LogP contribution is -2.52. The van der Waals surface area contributed by atoms with Gasteiger partial charge >= 0.3 is 5.97 Å². The highest BCUT2D eigenvalue weighted by atomic mass is 16.5. The molecule has 1 saturated heterocycles. The van der Waals surface area contributed by atoms with Gasteiger partial charge in [0.1, 0.15) is 0 Å². The fourth-order valence-electron chi connectivity index (χ4n) is 3.03. The van der Waals surface area contributed by atoms with Gasteiger partial charge in [-0.15, -0.1) is 0 Å². The summed E-state index contributed by atoms with van der Waals surface area (Å²) in [6.07, 6.45) is 3.54. The summed E-state index contributed by atoms with van der Waals surface area (Å²) in [5, 5.41) is 3.37. The van der Waals surface area contributed by atoms with Gasteiger partial charge in [0.05, 0.1) is 19.2 Å². The van der Waals surface area contributed by atoms with Gasteiger partial charge < -0.3 is 19.9 Å². The van der Waals surface area contributed by atoms with Crippen molar-refractivity contribution in [1.82, 2.24) is 20.2 Å². The molecular weight excluding hydrogens is 356 g/mol. The van der Waals surface area contributed by atoms with Crippen molar-refractivity contribution in [3.8, 4) is 0 Å². The highest BCUT2D eigenvalue weighted by Crippen LogP contribution is 2.11. The third-order valence-corrected chi connectivity index (χ3v) is 4.54. The molecule has 0 saturated carbocycles. The maximum Gasteiger partial charge on any atom is 0.337 e. The van der Waals surface area contributed by atoms with Gasteiger partial charge in [-0.2, -0.15) is 0 Å². The molecule has 0 unspecified atom stereocenters. The van der Waals surface area contributed by atoms with Crippen LogP contribution in [0.1, 0.15) is 22.8 Å². The van der Waals surface area contributed by atoms with E-state index in [-0.39, 0.29) is 5.97 Å². The number of carbonyl (C=O) groups is 1. The summed E-state index contributed by atoms with van der Waals surface area (Å²) in [7, 11) is 1.38. The number of hydrogen-bond donors (Lipinski definition) is 1. The Morgan fingerprint density at radius 2 is 1.82 bits per heavy atom. The van der Waals surface area contributed by atoms with E-state index in [0.717, 1.165) is 50.2 Å². The van der Waals surface area contributed by atoms with Gasteiger partial charge in [-0.25, -0.2) is 19.8 Å². The molecule has 1 aromatic carbocycles. The number of anilines is 1. The average molecular weight is 382 g/mol. The van der Waals surface area contributed by atoms with E-state index in [0.29, 0.717) is 12.1 Å². The lowest BCUT2D eigenvalue weighted by molar-refractivity contribution is 0.0600. The zero-order valence-electron chi connectivity index (χ0n) is 16.3. The standard InChI is InChI=1S/C20H26N6O2/c1-3-21-19(24-15-16-5-7-17(8-6-16)18(27)28-2)25-11-13-26(14-12-25)20-22-9-4-10-23-20/h4-10H,3,11-15H2,1-2H3,(H,21,24). The van der Waals surface area contributed by atoms with Gasteiger partial charge in [-0.3, -0.25) is 0 Å². The largest absolute Gasteiger partial charge is 0.465 e. The van der Waals surface area contributed by atoms with E-state index in [1.807, 2.05) is 18.2 Å². The van der Waals surface area contributed by atoms with E-state index >= 15 is 0 Å². The summed E-state index contributed by atoms with van der Waals surface area (Å²) in [4.78, 5) is 29.4. The second-order valence-electron chi connectivity index (χ2n) is 6.38. The quantitative estimate of drug-likeness (QED) is 0.477. The van der Waals surface area contributed by atoms with Gasteiger partial charge in [0, 0.05) is 45.1 Å². The summed E-state index contributed by atoms with van der Waals surface area (Å²) in [6.45, 7) is 6.82. The minimum Gasteiger partial charge on any atom is -0.465 e. The van der Waals surface area contributed by atoms with Crippen molar-refractivity contribution in [2.45, 2.75) is 13.5 Å². The van der Waals surface area contributed by atoms with Crippen molar-refractivity contribution < 1.29 is 9.53 Å². The SMILES string of the molecule is CCNC(=NCc1ccc(C(=O)OC)cc1)N1CCN(c2ncccn2)CC1. The normalized spacial score (nSPS) is 14.7. The Morgan fingerprint density at radius 1 is 1.14 bits per heavy atom. The molecule has 1 fully saturated rings. The molecule has 0 atom stereocenters. The Balaban J connectivity index is 1.61. The van der Waals surface area contributed by atoms with Gasteiger partial charge in [0.15, 0.2) is 5.96 Å². The molecule has 1 N–H and O–H groups in total.